The van der Waals surface area contributed by atoms with E-state index in [0.717, 1.165) is 83.5 Å². The molecule has 0 radical (unpaired) electrons. The number of hydrogen-bond donors (Lipinski definition) is 2. The first-order valence-electron chi connectivity index (χ1n) is 22.4. The topological polar surface area (TPSA) is 117 Å². The summed E-state index contributed by atoms with van der Waals surface area (Å²) in [4.78, 5) is 22.5. The lowest BCUT2D eigenvalue weighted by Crippen LogP contribution is -2.28. The van der Waals surface area contributed by atoms with Gasteiger partial charge in [-0.05, 0) is 83.5 Å². The first-order valence-corrected chi connectivity index (χ1v) is 23.9. The molecule has 2 atom stereocenters. The van der Waals surface area contributed by atoms with E-state index < -0.39 is 13.9 Å². The molecule has 0 saturated heterocycles. The van der Waals surface area contributed by atoms with E-state index >= 15 is 0 Å². The van der Waals surface area contributed by atoms with Gasteiger partial charge in [0, 0.05) is 19.6 Å². The van der Waals surface area contributed by atoms with Crippen LogP contribution in [0.4, 0.5) is 0 Å². The van der Waals surface area contributed by atoms with Gasteiger partial charge in [0.25, 0.3) is 0 Å². The number of ether oxygens (including phenoxy) is 2. The van der Waals surface area contributed by atoms with Gasteiger partial charge >= 0.3 is 13.8 Å². The predicted octanol–water partition coefficient (Wildman–Crippen LogP) is 13.5. The maximum absolute atomic E-state index is 12.6. The monoisotopic (exact) mass is 806 g/mol. The molecule has 324 valence electrons. The number of carbonyl (C=O) groups is 1. The zero-order valence-corrected chi connectivity index (χ0v) is 36.7. The Morgan fingerprint density at radius 1 is 0.554 bits per heavy atom. The van der Waals surface area contributed by atoms with Gasteiger partial charge in [-0.25, -0.2) is 4.57 Å². The van der Waals surface area contributed by atoms with Crippen LogP contribution in [0.2, 0.25) is 0 Å². The third-order valence-electron chi connectivity index (χ3n) is 9.11. The zero-order valence-electron chi connectivity index (χ0n) is 35.8. The summed E-state index contributed by atoms with van der Waals surface area (Å²) in [6.07, 6.45) is 54.9. The van der Waals surface area contributed by atoms with Gasteiger partial charge in [0.15, 0.2) is 0 Å². The largest absolute Gasteiger partial charge is 0.472 e. The molecule has 0 rings (SSSR count). The van der Waals surface area contributed by atoms with Gasteiger partial charge < -0.3 is 20.1 Å². The predicted molar refractivity (Wildman–Crippen MR) is 238 cm³/mol. The lowest BCUT2D eigenvalue weighted by atomic mass is 10.1. The van der Waals surface area contributed by atoms with Crippen molar-refractivity contribution < 1.29 is 32.8 Å². The molecule has 0 aromatic carbocycles. The normalized spacial score (nSPS) is 14.1. The SMILES string of the molecule is CC/C=C\C/C=C\C/C=C\C/C=C\C/C=C\CCCCCCCC(=O)OC(COCCCCCCCC/C=C\CCCCCCCC)COP(=O)(O)OCCN. The van der Waals surface area contributed by atoms with E-state index in [1.165, 1.54) is 77.0 Å². The summed E-state index contributed by atoms with van der Waals surface area (Å²) in [5, 5.41) is 0. The number of unbranched alkanes of at least 4 members (excludes halogenated alkanes) is 17. The lowest BCUT2D eigenvalue weighted by Gasteiger charge is -2.20. The number of phosphoric ester groups is 1. The maximum Gasteiger partial charge on any atom is 0.472 e. The number of rotatable bonds is 42. The Kier molecular flexibility index (Phi) is 42.4. The van der Waals surface area contributed by atoms with E-state index in [-0.39, 0.29) is 32.3 Å². The van der Waals surface area contributed by atoms with Crippen molar-refractivity contribution >= 4 is 13.8 Å². The minimum absolute atomic E-state index is 0.0924. The van der Waals surface area contributed by atoms with E-state index in [2.05, 4.69) is 86.8 Å². The quantitative estimate of drug-likeness (QED) is 0.0271. The molecule has 0 aromatic rings. The van der Waals surface area contributed by atoms with Gasteiger partial charge in [0.05, 0.1) is 19.8 Å². The van der Waals surface area contributed by atoms with Crippen LogP contribution in [-0.2, 0) is 27.9 Å². The molecule has 0 heterocycles. The van der Waals surface area contributed by atoms with Crippen LogP contribution < -0.4 is 5.73 Å². The molecule has 8 nitrogen and oxygen atoms in total. The van der Waals surface area contributed by atoms with Gasteiger partial charge in [-0.3, -0.25) is 13.8 Å². The smallest absolute Gasteiger partial charge is 0.457 e. The number of hydrogen-bond acceptors (Lipinski definition) is 7. The number of carbonyl (C=O) groups excluding carboxylic acids is 1. The van der Waals surface area contributed by atoms with Crippen molar-refractivity contribution in [3.05, 3.63) is 72.9 Å². The Bertz CT molecular complexity index is 1080. The Hall–Kier alpha value is -2.06. The number of phosphoric acid groups is 1. The molecule has 0 spiro atoms. The van der Waals surface area contributed by atoms with Crippen molar-refractivity contribution in [3.63, 3.8) is 0 Å². The average molecular weight is 806 g/mol. The molecule has 0 amide bonds. The summed E-state index contributed by atoms with van der Waals surface area (Å²) in [6.45, 7) is 4.75. The fourth-order valence-corrected chi connectivity index (χ4v) is 6.61. The van der Waals surface area contributed by atoms with E-state index in [9.17, 15) is 14.3 Å². The van der Waals surface area contributed by atoms with Gasteiger partial charge in [0.1, 0.15) is 6.10 Å². The number of allylic oxidation sites excluding steroid dienone is 12. The highest BCUT2D eigenvalue weighted by Gasteiger charge is 2.25. The van der Waals surface area contributed by atoms with Crippen molar-refractivity contribution in [2.24, 2.45) is 5.73 Å². The molecule has 0 aromatic heterocycles. The van der Waals surface area contributed by atoms with Crippen molar-refractivity contribution in [1.29, 1.82) is 0 Å². The van der Waals surface area contributed by atoms with Crippen molar-refractivity contribution in [2.45, 2.75) is 187 Å². The Morgan fingerprint density at radius 2 is 1.00 bits per heavy atom. The van der Waals surface area contributed by atoms with Crippen LogP contribution in [0.25, 0.3) is 0 Å². The molecule has 56 heavy (non-hydrogen) atoms. The third-order valence-corrected chi connectivity index (χ3v) is 10.1. The second-order valence-electron chi connectivity index (χ2n) is 14.5. The van der Waals surface area contributed by atoms with Gasteiger partial charge in [0.2, 0.25) is 0 Å². The van der Waals surface area contributed by atoms with Crippen LogP contribution in [0, 0.1) is 0 Å². The first-order chi connectivity index (χ1) is 27.4. The van der Waals surface area contributed by atoms with Crippen LogP contribution in [0.3, 0.4) is 0 Å². The molecule has 0 aliphatic carbocycles. The van der Waals surface area contributed by atoms with E-state index in [4.69, 9.17) is 24.3 Å². The molecule has 9 heteroatoms. The Labute approximate surface area is 344 Å². The molecule has 2 unspecified atom stereocenters. The molecule has 0 aliphatic rings. The molecular weight excluding hydrogens is 721 g/mol. The highest BCUT2D eigenvalue weighted by atomic mass is 31.2. The van der Waals surface area contributed by atoms with Crippen LogP contribution in [0.1, 0.15) is 181 Å². The third kappa shape index (κ3) is 43.1. The molecule has 0 bridgehead atoms. The van der Waals surface area contributed by atoms with Crippen molar-refractivity contribution in [2.75, 3.05) is 33.0 Å². The van der Waals surface area contributed by atoms with E-state index in [1.54, 1.807) is 0 Å². The van der Waals surface area contributed by atoms with Crippen LogP contribution in [0.5, 0.6) is 0 Å². The maximum atomic E-state index is 12.6. The standard InChI is InChI=1S/C47H84NO7P/c1-3-5-7-9-11-13-15-17-19-21-22-23-24-25-26-28-30-32-34-36-38-40-47(49)55-46(45-54-56(50,51)53-43-41-48)44-52-42-39-37-35-33-31-29-27-20-18-16-14-12-10-8-6-4-2/h5,7,11,13,17-20,22-23,25-26,46H,3-4,6,8-10,12,14-16,21,24,27-45,48H2,1-2H3,(H,50,51)/b7-5-,13-11-,19-17-,20-18-,23-22-,26-25-. The zero-order chi connectivity index (χ0) is 40.9. The van der Waals surface area contributed by atoms with Crippen molar-refractivity contribution in [1.82, 2.24) is 0 Å². The second-order valence-corrected chi connectivity index (χ2v) is 16.0. The van der Waals surface area contributed by atoms with Crippen LogP contribution in [-0.4, -0.2) is 49.9 Å². The molecule has 3 N–H and O–H groups in total. The molecule has 0 aliphatic heterocycles. The summed E-state index contributed by atoms with van der Waals surface area (Å²) < 4.78 is 33.4. The summed E-state index contributed by atoms with van der Waals surface area (Å²) >= 11 is 0. The first kappa shape index (κ1) is 53.9. The van der Waals surface area contributed by atoms with E-state index in [1.807, 2.05) is 0 Å². The minimum atomic E-state index is -4.29. The second kappa shape index (κ2) is 44.1. The Morgan fingerprint density at radius 3 is 1.52 bits per heavy atom. The van der Waals surface area contributed by atoms with Crippen LogP contribution in [0.15, 0.2) is 72.9 Å². The van der Waals surface area contributed by atoms with Gasteiger partial charge in [-0.15, -0.1) is 0 Å². The number of nitrogens with two attached hydrogens (primary N) is 1. The molecule has 0 saturated carbocycles. The lowest BCUT2D eigenvalue weighted by molar-refractivity contribution is -0.154. The minimum Gasteiger partial charge on any atom is -0.457 e. The van der Waals surface area contributed by atoms with Crippen LogP contribution >= 0.6 is 7.82 Å². The van der Waals surface area contributed by atoms with Gasteiger partial charge in [-0.1, -0.05) is 164 Å². The fraction of sp³-hybridized carbons (Fsp3) is 0.723. The average Bonchev–Trinajstić information content (AvgIpc) is 3.19. The molecule has 0 fully saturated rings. The summed E-state index contributed by atoms with van der Waals surface area (Å²) in [6, 6.07) is 0. The summed E-state index contributed by atoms with van der Waals surface area (Å²) in [7, 11) is -4.29. The molecular formula is C47H84NO7P. The van der Waals surface area contributed by atoms with Crippen molar-refractivity contribution in [3.8, 4) is 0 Å². The summed E-state index contributed by atoms with van der Waals surface area (Å²) in [5.41, 5.74) is 5.37. The highest BCUT2D eigenvalue weighted by molar-refractivity contribution is 7.47. The number of esters is 1. The van der Waals surface area contributed by atoms with Gasteiger partial charge in [-0.2, -0.15) is 0 Å². The summed E-state index contributed by atoms with van der Waals surface area (Å²) in [5.74, 6) is -0.353. The van der Waals surface area contributed by atoms with E-state index in [0.29, 0.717) is 13.0 Å². The Balaban J connectivity index is 4.09. The highest BCUT2D eigenvalue weighted by Crippen LogP contribution is 2.43. The fourth-order valence-electron chi connectivity index (χ4n) is 5.84.